The number of hydrogen-bond acceptors (Lipinski definition) is 8. The summed E-state index contributed by atoms with van der Waals surface area (Å²) >= 11 is 1.47. The second-order valence-corrected chi connectivity index (χ2v) is 10.1. The van der Waals surface area contributed by atoms with Crippen molar-refractivity contribution in [3.63, 3.8) is 0 Å². The first kappa shape index (κ1) is 31.2. The van der Waals surface area contributed by atoms with Crippen molar-refractivity contribution in [2.75, 3.05) is 12.0 Å². The van der Waals surface area contributed by atoms with Gasteiger partial charge < -0.3 is 37.0 Å². The summed E-state index contributed by atoms with van der Waals surface area (Å²) < 4.78 is 0. The number of carbonyl (C=O) groups is 4. The zero-order valence-electron chi connectivity index (χ0n) is 21.1. The second kappa shape index (κ2) is 15.3. The van der Waals surface area contributed by atoms with E-state index in [2.05, 4.69) is 16.0 Å². The number of amides is 3. The molecule has 0 bridgehead atoms. The van der Waals surface area contributed by atoms with Crippen LogP contribution < -0.4 is 21.7 Å². The molecule has 11 nitrogen and oxygen atoms in total. The molecule has 1 aromatic rings. The highest BCUT2D eigenvalue weighted by molar-refractivity contribution is 7.98. The first-order valence-corrected chi connectivity index (χ1v) is 13.1. The van der Waals surface area contributed by atoms with Crippen LogP contribution in [0, 0.1) is 5.92 Å². The number of carbonyl (C=O) groups excluding carboxylic acids is 3. The lowest BCUT2D eigenvalue weighted by atomic mass is 10.0. The van der Waals surface area contributed by atoms with Gasteiger partial charge in [0.15, 0.2) is 0 Å². The van der Waals surface area contributed by atoms with E-state index in [0.29, 0.717) is 11.3 Å². The largest absolute Gasteiger partial charge is 0.508 e. The summed E-state index contributed by atoms with van der Waals surface area (Å²) in [6.45, 7) is 5.07. The maximum absolute atomic E-state index is 13.1. The van der Waals surface area contributed by atoms with Gasteiger partial charge >= 0.3 is 5.97 Å². The molecule has 0 aliphatic heterocycles. The van der Waals surface area contributed by atoms with Gasteiger partial charge in [0.05, 0.1) is 6.10 Å². The van der Waals surface area contributed by atoms with Crippen molar-refractivity contribution in [2.24, 2.45) is 11.7 Å². The highest BCUT2D eigenvalue weighted by atomic mass is 32.2. The fourth-order valence-corrected chi connectivity index (χ4v) is 3.78. The third-order valence-corrected chi connectivity index (χ3v) is 6.04. The van der Waals surface area contributed by atoms with Crippen LogP contribution in [0.4, 0.5) is 0 Å². The topological polar surface area (TPSA) is 191 Å². The summed E-state index contributed by atoms with van der Waals surface area (Å²) in [5, 5.41) is 36.3. The Morgan fingerprint density at radius 1 is 0.917 bits per heavy atom. The number of aliphatic hydroxyl groups excluding tert-OH is 1. The van der Waals surface area contributed by atoms with E-state index in [0.717, 1.165) is 0 Å². The minimum atomic E-state index is -1.26. The molecule has 5 atom stereocenters. The lowest BCUT2D eigenvalue weighted by Gasteiger charge is -2.26. The summed E-state index contributed by atoms with van der Waals surface area (Å²) in [7, 11) is 0. The van der Waals surface area contributed by atoms with Crippen molar-refractivity contribution in [2.45, 2.75) is 70.3 Å². The van der Waals surface area contributed by atoms with E-state index in [-0.39, 0.29) is 30.9 Å². The van der Waals surface area contributed by atoms with Crippen molar-refractivity contribution in [1.82, 2.24) is 16.0 Å². The molecular weight excluding hydrogens is 488 g/mol. The molecule has 0 aromatic heterocycles. The molecule has 0 heterocycles. The van der Waals surface area contributed by atoms with Gasteiger partial charge in [0, 0.05) is 6.42 Å². The molecule has 0 aliphatic carbocycles. The van der Waals surface area contributed by atoms with Crippen molar-refractivity contribution in [1.29, 1.82) is 0 Å². The van der Waals surface area contributed by atoms with E-state index in [1.165, 1.54) is 30.8 Å². The molecule has 0 radical (unpaired) electrons. The number of benzene rings is 1. The molecule has 1 rings (SSSR count). The number of nitrogens with one attached hydrogen (secondary N) is 3. The summed E-state index contributed by atoms with van der Waals surface area (Å²) in [6, 6.07) is 1.44. The van der Waals surface area contributed by atoms with E-state index in [1.807, 2.05) is 20.1 Å². The SMILES string of the molecule is CSCCC(NC(=O)C(N)C(C)O)C(=O)NC(CC(C)C)C(=O)NC(Cc1ccc(O)cc1)C(=O)O. The number of aliphatic hydroxyl groups is 1. The Morgan fingerprint density at radius 2 is 1.44 bits per heavy atom. The van der Waals surface area contributed by atoms with Crippen LogP contribution in [0.2, 0.25) is 0 Å². The lowest BCUT2D eigenvalue weighted by Crippen LogP contribution is -2.58. The number of carboxylic acid groups (broad SMARTS) is 1. The minimum Gasteiger partial charge on any atom is -0.508 e. The van der Waals surface area contributed by atoms with Crippen molar-refractivity contribution in [3.05, 3.63) is 29.8 Å². The zero-order valence-corrected chi connectivity index (χ0v) is 21.9. The van der Waals surface area contributed by atoms with Gasteiger partial charge in [-0.25, -0.2) is 4.79 Å². The van der Waals surface area contributed by atoms with E-state index in [1.54, 1.807) is 12.1 Å². The fourth-order valence-electron chi connectivity index (χ4n) is 3.31. The van der Waals surface area contributed by atoms with Crippen LogP contribution in [0.15, 0.2) is 24.3 Å². The maximum atomic E-state index is 13.1. The first-order valence-electron chi connectivity index (χ1n) is 11.7. The summed E-state index contributed by atoms with van der Waals surface area (Å²) in [6.07, 6.45) is 1.20. The summed E-state index contributed by atoms with van der Waals surface area (Å²) in [5.41, 5.74) is 6.27. The fraction of sp³-hybridized carbons (Fsp3) is 0.583. The van der Waals surface area contributed by atoms with Crippen molar-refractivity contribution < 1.29 is 34.5 Å². The molecule has 0 aliphatic rings. The van der Waals surface area contributed by atoms with Crippen LogP contribution in [0.5, 0.6) is 5.75 Å². The van der Waals surface area contributed by atoms with E-state index in [4.69, 9.17) is 5.73 Å². The van der Waals surface area contributed by atoms with Crippen molar-refractivity contribution in [3.8, 4) is 5.75 Å². The average molecular weight is 527 g/mol. The van der Waals surface area contributed by atoms with E-state index >= 15 is 0 Å². The number of rotatable bonds is 15. The summed E-state index contributed by atoms with van der Waals surface area (Å²) in [4.78, 5) is 50.3. The Kier molecular flexibility index (Phi) is 13.3. The molecule has 5 unspecified atom stereocenters. The monoisotopic (exact) mass is 526 g/mol. The summed E-state index contributed by atoms with van der Waals surface area (Å²) in [5.74, 6) is -2.66. The predicted octanol–water partition coefficient (Wildman–Crippen LogP) is -0.0190. The first-order chi connectivity index (χ1) is 16.8. The quantitative estimate of drug-likeness (QED) is 0.165. The van der Waals surface area contributed by atoms with Crippen LogP contribution in [0.1, 0.15) is 39.2 Å². The maximum Gasteiger partial charge on any atom is 0.326 e. The van der Waals surface area contributed by atoms with Crippen LogP contribution >= 0.6 is 11.8 Å². The van der Waals surface area contributed by atoms with Crippen LogP contribution in [0.25, 0.3) is 0 Å². The third-order valence-electron chi connectivity index (χ3n) is 5.40. The number of phenolic OH excluding ortho intramolecular Hbond substituents is 1. The molecule has 202 valence electrons. The van der Waals surface area contributed by atoms with Gasteiger partial charge in [0.25, 0.3) is 0 Å². The van der Waals surface area contributed by atoms with Gasteiger partial charge in [-0.3, -0.25) is 14.4 Å². The van der Waals surface area contributed by atoms with Crippen LogP contribution in [-0.2, 0) is 25.6 Å². The van der Waals surface area contributed by atoms with Gasteiger partial charge in [-0.15, -0.1) is 0 Å². The number of thioether (sulfide) groups is 1. The number of phenols is 1. The standard InChI is InChI=1S/C24H38N4O7S/c1-13(2)11-18(22(32)28-19(24(34)35)12-15-5-7-16(30)8-6-15)27-21(31)17(9-10-36-4)26-23(33)20(25)14(3)29/h5-8,13-14,17-20,29-30H,9-12,25H2,1-4H3,(H,26,33)(H,27,31)(H,28,32)(H,34,35). The number of aliphatic carboxylic acids is 1. The normalized spacial score (nSPS) is 15.3. The highest BCUT2D eigenvalue weighted by Gasteiger charge is 2.31. The Labute approximate surface area is 215 Å². The van der Waals surface area contributed by atoms with E-state index < -0.39 is 54.0 Å². The number of aromatic hydroxyl groups is 1. The van der Waals surface area contributed by atoms with Gasteiger partial charge in [0.1, 0.15) is 29.9 Å². The van der Waals surface area contributed by atoms with Crippen LogP contribution in [-0.4, -0.2) is 81.3 Å². The van der Waals surface area contributed by atoms with Gasteiger partial charge in [0.2, 0.25) is 17.7 Å². The molecule has 12 heteroatoms. The van der Waals surface area contributed by atoms with Gasteiger partial charge in [-0.2, -0.15) is 11.8 Å². The molecule has 36 heavy (non-hydrogen) atoms. The average Bonchev–Trinajstić information content (AvgIpc) is 2.80. The molecule has 0 fully saturated rings. The van der Waals surface area contributed by atoms with Crippen LogP contribution in [0.3, 0.4) is 0 Å². The van der Waals surface area contributed by atoms with Crippen molar-refractivity contribution >= 4 is 35.5 Å². The number of carboxylic acids is 1. The van der Waals surface area contributed by atoms with E-state index in [9.17, 15) is 34.5 Å². The zero-order chi connectivity index (χ0) is 27.4. The van der Waals surface area contributed by atoms with Gasteiger partial charge in [-0.1, -0.05) is 26.0 Å². The van der Waals surface area contributed by atoms with Gasteiger partial charge in [-0.05, 0) is 55.4 Å². The molecular formula is C24H38N4O7S. The Bertz CT molecular complexity index is 880. The Morgan fingerprint density at radius 3 is 1.94 bits per heavy atom. The molecule has 3 amide bonds. The molecule has 0 saturated heterocycles. The lowest BCUT2D eigenvalue weighted by molar-refractivity contribution is -0.142. The smallest absolute Gasteiger partial charge is 0.326 e. The highest BCUT2D eigenvalue weighted by Crippen LogP contribution is 2.13. The number of hydrogen-bond donors (Lipinski definition) is 7. The predicted molar refractivity (Wildman–Crippen MR) is 137 cm³/mol. The molecule has 1 aromatic carbocycles. The second-order valence-electron chi connectivity index (χ2n) is 9.07. The third kappa shape index (κ3) is 10.8. The Balaban J connectivity index is 3.00. The Hall–Kier alpha value is -2.83. The molecule has 0 saturated carbocycles. The number of nitrogens with two attached hydrogens (primary N) is 1. The minimum absolute atomic E-state index is 0.00988. The molecule has 0 spiro atoms. The molecule has 8 N–H and O–H groups in total.